The molecular formula is C26H32N2O4. The summed E-state index contributed by atoms with van der Waals surface area (Å²) in [4.78, 5) is 17.7. The van der Waals surface area contributed by atoms with Crippen molar-refractivity contribution in [3.8, 4) is 0 Å². The first-order valence-corrected chi connectivity index (χ1v) is 11.7. The molecular weight excluding hydrogens is 404 g/mol. The maximum absolute atomic E-state index is 13.4. The summed E-state index contributed by atoms with van der Waals surface area (Å²) < 4.78 is 17.4. The summed E-state index contributed by atoms with van der Waals surface area (Å²) in [6.07, 6.45) is 6.66. The number of nitrogens with zero attached hydrogens (tertiary/aromatic N) is 2. The van der Waals surface area contributed by atoms with Crippen molar-refractivity contribution in [1.29, 1.82) is 0 Å². The van der Waals surface area contributed by atoms with Gasteiger partial charge in [-0.15, -0.1) is 0 Å². The van der Waals surface area contributed by atoms with E-state index in [1.54, 1.807) is 0 Å². The van der Waals surface area contributed by atoms with Gasteiger partial charge < -0.3 is 14.2 Å². The van der Waals surface area contributed by atoms with E-state index in [1.807, 2.05) is 30.0 Å². The van der Waals surface area contributed by atoms with Gasteiger partial charge >= 0.3 is 6.09 Å². The first kappa shape index (κ1) is 21.1. The summed E-state index contributed by atoms with van der Waals surface area (Å²) in [5.41, 5.74) is 3.20. The molecule has 6 rings (SSSR count). The SMILES string of the molecule is C=C(/C=C\C1=C(C)OCCO1)[C@@H]1c2ccccc2CCN1C(=O)O[C@@H]1CN2CCC1CC2. The molecule has 6 heteroatoms. The molecule has 0 aliphatic carbocycles. The molecule has 5 aliphatic heterocycles. The van der Waals surface area contributed by atoms with Crippen LogP contribution >= 0.6 is 0 Å². The number of carbonyl (C=O) groups excluding carboxylic acids is 1. The second kappa shape index (κ2) is 9.02. The van der Waals surface area contributed by atoms with Crippen LogP contribution < -0.4 is 0 Å². The molecule has 0 saturated carbocycles. The highest BCUT2D eigenvalue weighted by Gasteiger charge is 2.39. The third kappa shape index (κ3) is 4.16. The second-order valence-electron chi connectivity index (χ2n) is 9.13. The molecule has 5 heterocycles. The van der Waals surface area contributed by atoms with E-state index in [-0.39, 0.29) is 18.2 Å². The third-order valence-corrected chi connectivity index (χ3v) is 7.17. The first-order chi connectivity index (χ1) is 15.6. The van der Waals surface area contributed by atoms with Crippen molar-refractivity contribution >= 4 is 6.09 Å². The molecule has 0 radical (unpaired) electrons. The first-order valence-electron chi connectivity index (χ1n) is 11.7. The topological polar surface area (TPSA) is 51.2 Å². The molecule has 1 amide bonds. The number of allylic oxidation sites excluding steroid dienone is 2. The molecule has 5 aliphatic rings. The van der Waals surface area contributed by atoms with Crippen molar-refractivity contribution in [1.82, 2.24) is 9.80 Å². The monoisotopic (exact) mass is 436 g/mol. The largest absolute Gasteiger partial charge is 0.491 e. The zero-order valence-electron chi connectivity index (χ0n) is 18.8. The van der Waals surface area contributed by atoms with E-state index >= 15 is 0 Å². The fourth-order valence-corrected chi connectivity index (χ4v) is 5.36. The number of amides is 1. The Morgan fingerprint density at radius 1 is 1.16 bits per heavy atom. The highest BCUT2D eigenvalue weighted by Crippen LogP contribution is 2.37. The van der Waals surface area contributed by atoms with Gasteiger partial charge in [0.25, 0.3) is 0 Å². The van der Waals surface area contributed by atoms with Gasteiger partial charge in [-0.3, -0.25) is 9.80 Å². The lowest BCUT2D eigenvalue weighted by Crippen LogP contribution is -2.53. The Morgan fingerprint density at radius 2 is 1.94 bits per heavy atom. The van der Waals surface area contributed by atoms with Crippen LogP contribution in [-0.2, 0) is 20.6 Å². The summed E-state index contributed by atoms with van der Waals surface area (Å²) in [6.45, 7) is 11.1. The molecule has 0 aromatic heterocycles. The average Bonchev–Trinajstić information content (AvgIpc) is 2.83. The molecule has 2 bridgehead atoms. The van der Waals surface area contributed by atoms with Gasteiger partial charge in [-0.05, 0) is 68.0 Å². The lowest BCUT2D eigenvalue weighted by Gasteiger charge is -2.45. The van der Waals surface area contributed by atoms with Gasteiger partial charge in [-0.25, -0.2) is 4.79 Å². The molecule has 32 heavy (non-hydrogen) atoms. The molecule has 0 spiro atoms. The average molecular weight is 437 g/mol. The summed E-state index contributed by atoms with van der Waals surface area (Å²) in [5, 5.41) is 0. The molecule has 3 saturated heterocycles. The summed E-state index contributed by atoms with van der Waals surface area (Å²) in [5.74, 6) is 1.96. The van der Waals surface area contributed by atoms with E-state index in [0.717, 1.165) is 55.8 Å². The zero-order valence-corrected chi connectivity index (χ0v) is 18.8. The van der Waals surface area contributed by atoms with Crippen molar-refractivity contribution in [3.63, 3.8) is 0 Å². The van der Waals surface area contributed by atoms with Gasteiger partial charge in [0.1, 0.15) is 25.1 Å². The van der Waals surface area contributed by atoms with Gasteiger partial charge in [-0.1, -0.05) is 36.9 Å². The van der Waals surface area contributed by atoms with E-state index in [1.165, 1.54) is 5.56 Å². The highest BCUT2D eigenvalue weighted by atomic mass is 16.6. The van der Waals surface area contributed by atoms with E-state index < -0.39 is 0 Å². The van der Waals surface area contributed by atoms with Crippen LogP contribution in [0.2, 0.25) is 0 Å². The predicted molar refractivity (Wildman–Crippen MR) is 122 cm³/mol. The minimum atomic E-state index is -0.254. The Morgan fingerprint density at radius 3 is 2.69 bits per heavy atom. The quantitative estimate of drug-likeness (QED) is 0.662. The zero-order chi connectivity index (χ0) is 22.1. The molecule has 1 aromatic rings. The smallest absolute Gasteiger partial charge is 0.410 e. The summed E-state index contributed by atoms with van der Waals surface area (Å²) in [7, 11) is 0. The summed E-state index contributed by atoms with van der Waals surface area (Å²) >= 11 is 0. The normalized spacial score (nSPS) is 29.3. The minimum Gasteiger partial charge on any atom is -0.491 e. The van der Waals surface area contributed by atoms with E-state index in [9.17, 15) is 4.79 Å². The van der Waals surface area contributed by atoms with Crippen LogP contribution in [0.25, 0.3) is 0 Å². The van der Waals surface area contributed by atoms with Crippen LogP contribution in [0.4, 0.5) is 4.79 Å². The Hall–Kier alpha value is -2.73. The molecule has 2 atom stereocenters. The van der Waals surface area contributed by atoms with Crippen molar-refractivity contribution in [2.24, 2.45) is 5.92 Å². The lowest BCUT2D eigenvalue weighted by atomic mass is 9.86. The number of hydrogen-bond donors (Lipinski definition) is 0. The van der Waals surface area contributed by atoms with Gasteiger partial charge in [0.2, 0.25) is 0 Å². The molecule has 6 nitrogen and oxygen atoms in total. The third-order valence-electron chi connectivity index (χ3n) is 7.17. The number of carbonyl (C=O) groups is 1. The maximum Gasteiger partial charge on any atom is 0.410 e. The van der Waals surface area contributed by atoms with E-state index in [4.69, 9.17) is 14.2 Å². The number of ether oxygens (including phenoxy) is 3. The van der Waals surface area contributed by atoms with Crippen LogP contribution in [-0.4, -0.2) is 61.4 Å². The molecule has 3 fully saturated rings. The van der Waals surface area contributed by atoms with Crippen molar-refractivity contribution < 1.29 is 19.0 Å². The Bertz CT molecular complexity index is 945. The molecule has 0 N–H and O–H groups in total. The number of benzene rings is 1. The van der Waals surface area contributed by atoms with E-state index in [2.05, 4.69) is 29.7 Å². The van der Waals surface area contributed by atoms with Crippen LogP contribution in [0.1, 0.15) is 36.9 Å². The highest BCUT2D eigenvalue weighted by molar-refractivity contribution is 5.70. The van der Waals surface area contributed by atoms with Crippen molar-refractivity contribution in [2.75, 3.05) is 39.4 Å². The van der Waals surface area contributed by atoms with Crippen LogP contribution in [0.3, 0.4) is 0 Å². The van der Waals surface area contributed by atoms with Gasteiger partial charge in [0, 0.05) is 13.1 Å². The molecule has 0 unspecified atom stereocenters. The Kier molecular flexibility index (Phi) is 5.96. The van der Waals surface area contributed by atoms with Crippen molar-refractivity contribution in [2.45, 2.75) is 38.3 Å². The fraction of sp³-hybridized carbons (Fsp3) is 0.500. The van der Waals surface area contributed by atoms with Crippen LogP contribution in [0.5, 0.6) is 0 Å². The Labute approximate surface area is 190 Å². The number of piperidine rings is 3. The maximum atomic E-state index is 13.4. The molecule has 1 aromatic carbocycles. The second-order valence-corrected chi connectivity index (χ2v) is 9.13. The number of hydrogen-bond acceptors (Lipinski definition) is 5. The predicted octanol–water partition coefficient (Wildman–Crippen LogP) is 4.21. The standard InChI is InChI=1S/C26H32N2O4/c1-18(7-8-23-19(2)30-15-16-31-23)25-22-6-4-3-5-20(22)11-14-28(25)26(29)32-24-17-27-12-9-21(24)10-13-27/h3-8,21,24-25H,1,9-17H2,2H3/b8-7-/t24-,25-/m1/s1. The van der Waals surface area contributed by atoms with E-state index in [0.29, 0.717) is 31.4 Å². The lowest BCUT2D eigenvalue weighted by molar-refractivity contribution is -0.0462. The van der Waals surface area contributed by atoms with Crippen LogP contribution in [0, 0.1) is 5.92 Å². The van der Waals surface area contributed by atoms with Crippen molar-refractivity contribution in [3.05, 3.63) is 71.2 Å². The van der Waals surface area contributed by atoms with Gasteiger partial charge in [0.15, 0.2) is 5.76 Å². The van der Waals surface area contributed by atoms with Gasteiger partial charge in [0.05, 0.1) is 6.04 Å². The van der Waals surface area contributed by atoms with Gasteiger partial charge in [-0.2, -0.15) is 0 Å². The summed E-state index contributed by atoms with van der Waals surface area (Å²) in [6, 6.07) is 8.06. The Balaban J connectivity index is 1.37. The number of rotatable bonds is 4. The molecule has 170 valence electrons. The fourth-order valence-electron chi connectivity index (χ4n) is 5.36. The minimum absolute atomic E-state index is 0.00720. The number of fused-ring (bicyclic) bond motifs is 4. The van der Waals surface area contributed by atoms with Crippen LogP contribution in [0.15, 0.2) is 60.1 Å².